The largest absolute Gasteiger partial charge is 0.490 e. The van der Waals surface area contributed by atoms with E-state index < -0.39 is 0 Å². The van der Waals surface area contributed by atoms with Crippen molar-refractivity contribution < 1.29 is 13.9 Å². The average molecular weight is 360 g/mol. The first-order valence-corrected chi connectivity index (χ1v) is 7.65. The quantitative estimate of drug-likeness (QED) is 0.700. The van der Waals surface area contributed by atoms with Crippen LogP contribution in [-0.4, -0.2) is 12.4 Å². The van der Waals surface area contributed by atoms with Gasteiger partial charge in [0.2, 0.25) is 5.88 Å². The van der Waals surface area contributed by atoms with Gasteiger partial charge < -0.3 is 14.9 Å². The summed E-state index contributed by atoms with van der Waals surface area (Å²) in [6.45, 7) is 2.40. The molecule has 0 aliphatic heterocycles. The van der Waals surface area contributed by atoms with E-state index >= 15 is 0 Å². The molecule has 4 nitrogen and oxygen atoms in total. The van der Waals surface area contributed by atoms with Crippen LogP contribution in [0, 0.1) is 0 Å². The number of benzene rings is 2. The van der Waals surface area contributed by atoms with Crippen LogP contribution in [-0.2, 0) is 0 Å². The predicted octanol–water partition coefficient (Wildman–Crippen LogP) is 4.41. The Balaban J connectivity index is 2.14. The first-order valence-electron chi connectivity index (χ1n) is 6.86. The maximum atomic E-state index is 12.7. The zero-order valence-corrected chi connectivity index (χ0v) is 13.5. The van der Waals surface area contributed by atoms with Crippen LogP contribution in [0.5, 0.6) is 5.75 Å². The lowest BCUT2D eigenvalue weighted by Crippen LogP contribution is -2.03. The normalized spacial score (nSPS) is 10.8. The van der Waals surface area contributed by atoms with Gasteiger partial charge in [0.1, 0.15) is 0 Å². The molecule has 0 aliphatic rings. The molecule has 0 bridgehead atoms. The second kappa shape index (κ2) is 5.85. The zero-order chi connectivity index (χ0) is 15.7. The Labute approximate surface area is 136 Å². The van der Waals surface area contributed by atoms with Gasteiger partial charge in [0.15, 0.2) is 17.1 Å². The van der Waals surface area contributed by atoms with E-state index in [4.69, 9.17) is 14.9 Å². The third-order valence-corrected chi connectivity index (χ3v) is 3.87. The lowest BCUT2D eigenvalue weighted by Gasteiger charge is -2.03. The topological polar surface area (TPSA) is 65.5 Å². The number of halogens is 1. The first kappa shape index (κ1) is 14.7. The summed E-state index contributed by atoms with van der Waals surface area (Å²) in [4.78, 5) is 12.7. The van der Waals surface area contributed by atoms with E-state index in [1.807, 2.05) is 31.2 Å². The molecule has 0 saturated carbocycles. The summed E-state index contributed by atoms with van der Waals surface area (Å²) in [7, 11) is 0. The number of hydrogen-bond donors (Lipinski definition) is 1. The molecule has 0 amide bonds. The fraction of sp³-hybridized carbons (Fsp3) is 0.118. The SMILES string of the molecule is CCOc1cccc2c(C(=O)c3ccc(Br)cc3)c(N)oc12. The zero-order valence-electron chi connectivity index (χ0n) is 11.9. The fourth-order valence-corrected chi connectivity index (χ4v) is 2.62. The summed E-state index contributed by atoms with van der Waals surface area (Å²) in [5.41, 5.74) is 7.37. The second-order valence-corrected chi connectivity index (χ2v) is 5.66. The molecule has 0 unspecified atom stereocenters. The van der Waals surface area contributed by atoms with Crippen molar-refractivity contribution in [2.45, 2.75) is 6.92 Å². The molecular formula is C17H14BrNO3. The van der Waals surface area contributed by atoms with E-state index in [9.17, 15) is 4.79 Å². The molecule has 2 N–H and O–H groups in total. The number of nitrogen functional groups attached to an aromatic ring is 1. The maximum absolute atomic E-state index is 12.7. The molecule has 2 aromatic carbocycles. The fourth-order valence-electron chi connectivity index (χ4n) is 2.36. The summed E-state index contributed by atoms with van der Waals surface area (Å²) in [5, 5.41) is 0.663. The van der Waals surface area contributed by atoms with Gasteiger partial charge in [-0.25, -0.2) is 0 Å². The molecule has 3 aromatic rings. The molecule has 3 rings (SSSR count). The second-order valence-electron chi connectivity index (χ2n) is 4.74. The number of ketones is 1. The van der Waals surface area contributed by atoms with E-state index in [2.05, 4.69) is 15.9 Å². The van der Waals surface area contributed by atoms with Gasteiger partial charge in [-0.3, -0.25) is 4.79 Å². The van der Waals surface area contributed by atoms with E-state index in [0.717, 1.165) is 4.47 Å². The Morgan fingerprint density at radius 2 is 1.95 bits per heavy atom. The summed E-state index contributed by atoms with van der Waals surface area (Å²) in [6, 6.07) is 12.6. The number of para-hydroxylation sites is 1. The Morgan fingerprint density at radius 1 is 1.23 bits per heavy atom. The maximum Gasteiger partial charge on any atom is 0.203 e. The number of carbonyl (C=O) groups is 1. The smallest absolute Gasteiger partial charge is 0.203 e. The molecule has 5 heteroatoms. The molecule has 0 radical (unpaired) electrons. The van der Waals surface area contributed by atoms with Gasteiger partial charge >= 0.3 is 0 Å². The monoisotopic (exact) mass is 359 g/mol. The van der Waals surface area contributed by atoms with E-state index in [0.29, 0.717) is 34.5 Å². The molecule has 0 saturated heterocycles. The Kier molecular flexibility index (Phi) is 3.90. The van der Waals surface area contributed by atoms with Crippen molar-refractivity contribution >= 4 is 38.6 Å². The summed E-state index contributed by atoms with van der Waals surface area (Å²) < 4.78 is 12.0. The van der Waals surface area contributed by atoms with Crippen molar-refractivity contribution in [1.82, 2.24) is 0 Å². The Hall–Kier alpha value is -2.27. The highest BCUT2D eigenvalue weighted by atomic mass is 79.9. The van der Waals surface area contributed by atoms with Crippen LogP contribution < -0.4 is 10.5 Å². The molecule has 1 heterocycles. The van der Waals surface area contributed by atoms with Gasteiger partial charge in [-0.15, -0.1) is 0 Å². The van der Waals surface area contributed by atoms with E-state index in [1.54, 1.807) is 18.2 Å². The van der Waals surface area contributed by atoms with Crippen LogP contribution in [0.2, 0.25) is 0 Å². The van der Waals surface area contributed by atoms with Gasteiger partial charge in [0.25, 0.3) is 0 Å². The van der Waals surface area contributed by atoms with Crippen LogP contribution in [0.15, 0.2) is 51.4 Å². The highest BCUT2D eigenvalue weighted by molar-refractivity contribution is 9.10. The Bertz CT molecular complexity index is 837. The minimum atomic E-state index is -0.169. The summed E-state index contributed by atoms with van der Waals surface area (Å²) in [5.74, 6) is 0.522. The van der Waals surface area contributed by atoms with Crippen LogP contribution in [0.25, 0.3) is 11.0 Å². The van der Waals surface area contributed by atoms with Gasteiger partial charge in [-0.05, 0) is 37.3 Å². The number of nitrogens with two attached hydrogens (primary N) is 1. The van der Waals surface area contributed by atoms with Crippen molar-refractivity contribution in [2.75, 3.05) is 12.3 Å². The van der Waals surface area contributed by atoms with Gasteiger partial charge in [0.05, 0.1) is 12.2 Å². The van der Waals surface area contributed by atoms with Crippen LogP contribution in [0.3, 0.4) is 0 Å². The van der Waals surface area contributed by atoms with Gasteiger partial charge in [-0.1, -0.05) is 28.1 Å². The summed E-state index contributed by atoms with van der Waals surface area (Å²) in [6.07, 6.45) is 0. The van der Waals surface area contributed by atoms with Crippen LogP contribution in [0.1, 0.15) is 22.8 Å². The minimum absolute atomic E-state index is 0.107. The van der Waals surface area contributed by atoms with Crippen LogP contribution >= 0.6 is 15.9 Å². The molecule has 0 spiro atoms. The number of fused-ring (bicyclic) bond motifs is 1. The highest BCUT2D eigenvalue weighted by Gasteiger charge is 2.22. The van der Waals surface area contributed by atoms with E-state index in [-0.39, 0.29) is 11.7 Å². The van der Waals surface area contributed by atoms with Gasteiger partial charge in [-0.2, -0.15) is 0 Å². The minimum Gasteiger partial charge on any atom is -0.490 e. The van der Waals surface area contributed by atoms with Crippen molar-refractivity contribution in [3.05, 3.63) is 58.1 Å². The third-order valence-electron chi connectivity index (χ3n) is 3.34. The average Bonchev–Trinajstić information content (AvgIpc) is 2.85. The van der Waals surface area contributed by atoms with Crippen molar-refractivity contribution in [3.63, 3.8) is 0 Å². The van der Waals surface area contributed by atoms with Crippen molar-refractivity contribution in [1.29, 1.82) is 0 Å². The number of ether oxygens (including phenoxy) is 1. The Morgan fingerprint density at radius 3 is 2.64 bits per heavy atom. The number of rotatable bonds is 4. The molecule has 22 heavy (non-hydrogen) atoms. The number of furan rings is 1. The summed E-state index contributed by atoms with van der Waals surface area (Å²) >= 11 is 3.35. The number of carbonyl (C=O) groups excluding carboxylic acids is 1. The van der Waals surface area contributed by atoms with Crippen molar-refractivity contribution in [3.8, 4) is 5.75 Å². The molecule has 0 atom stereocenters. The number of anilines is 1. The molecule has 0 aliphatic carbocycles. The third kappa shape index (κ3) is 2.48. The molecular weight excluding hydrogens is 346 g/mol. The number of hydrogen-bond acceptors (Lipinski definition) is 4. The highest BCUT2D eigenvalue weighted by Crippen LogP contribution is 2.35. The van der Waals surface area contributed by atoms with Gasteiger partial charge in [0, 0.05) is 15.4 Å². The van der Waals surface area contributed by atoms with Crippen molar-refractivity contribution in [2.24, 2.45) is 0 Å². The van der Waals surface area contributed by atoms with Crippen LogP contribution in [0.4, 0.5) is 5.88 Å². The lowest BCUT2D eigenvalue weighted by atomic mass is 10.0. The standard InChI is InChI=1S/C17H14BrNO3/c1-2-21-13-5-3-4-12-14(17(19)22-16(12)13)15(20)10-6-8-11(18)9-7-10/h3-9H,2,19H2,1H3. The molecule has 1 aromatic heterocycles. The predicted molar refractivity (Wildman–Crippen MR) is 89.4 cm³/mol. The first-order chi connectivity index (χ1) is 10.6. The van der Waals surface area contributed by atoms with E-state index in [1.165, 1.54) is 0 Å². The molecule has 0 fully saturated rings. The lowest BCUT2D eigenvalue weighted by molar-refractivity contribution is 0.104. The molecule has 112 valence electrons.